The lowest BCUT2D eigenvalue weighted by Gasteiger charge is -2.27. The van der Waals surface area contributed by atoms with Gasteiger partial charge in [0, 0.05) is 5.56 Å². The number of hydrogen-bond donors (Lipinski definition) is 0. The molecule has 3 atom stereocenters. The van der Waals surface area contributed by atoms with Crippen LogP contribution in [0, 0.1) is 11.8 Å². The lowest BCUT2D eigenvalue weighted by molar-refractivity contribution is 0.215. The molecule has 0 bridgehead atoms. The highest BCUT2D eigenvalue weighted by atomic mass is 16.5. The largest absolute Gasteiger partial charge is 0.485 e. The van der Waals surface area contributed by atoms with Gasteiger partial charge in [-0.1, -0.05) is 38.1 Å². The molecule has 0 spiro atoms. The van der Waals surface area contributed by atoms with Gasteiger partial charge in [-0.3, -0.25) is 0 Å². The first-order valence-electron chi connectivity index (χ1n) is 5.73. The van der Waals surface area contributed by atoms with Crippen molar-refractivity contribution in [2.24, 2.45) is 11.8 Å². The molecule has 3 rings (SSSR count). The zero-order valence-electron chi connectivity index (χ0n) is 9.23. The van der Waals surface area contributed by atoms with Gasteiger partial charge in [0.1, 0.15) is 11.9 Å². The number of fused-ring (bicyclic) bond motifs is 3. The van der Waals surface area contributed by atoms with Gasteiger partial charge in [-0.15, -0.1) is 0 Å². The van der Waals surface area contributed by atoms with E-state index in [1.165, 1.54) is 11.1 Å². The number of allylic oxidation sites excluding steroid dienone is 1. The van der Waals surface area contributed by atoms with Crippen LogP contribution in [-0.4, -0.2) is 6.10 Å². The number of rotatable bonds is 0. The normalized spacial score (nSPS) is 32.7. The number of ether oxygens (including phenoxy) is 1. The molecule has 78 valence electrons. The molecular weight excluding hydrogens is 184 g/mol. The Morgan fingerprint density at radius 3 is 2.87 bits per heavy atom. The summed E-state index contributed by atoms with van der Waals surface area (Å²) in [6, 6.07) is 8.38. The van der Waals surface area contributed by atoms with Gasteiger partial charge in [-0.25, -0.2) is 0 Å². The molecule has 1 aliphatic carbocycles. The highest BCUT2D eigenvalue weighted by Gasteiger charge is 2.34. The van der Waals surface area contributed by atoms with Gasteiger partial charge in [-0.05, 0) is 29.9 Å². The molecule has 0 radical (unpaired) electrons. The molecule has 0 saturated heterocycles. The minimum Gasteiger partial charge on any atom is -0.485 e. The van der Waals surface area contributed by atoms with Crippen molar-refractivity contribution in [2.75, 3.05) is 0 Å². The molecule has 1 aromatic carbocycles. The third kappa shape index (κ3) is 1.30. The quantitative estimate of drug-likeness (QED) is 0.622. The van der Waals surface area contributed by atoms with Gasteiger partial charge < -0.3 is 4.74 Å². The van der Waals surface area contributed by atoms with Crippen molar-refractivity contribution in [1.82, 2.24) is 0 Å². The standard InChI is InChI=1S/C14H16O/c1-9-7-12-11-5-3-4-6-13(11)15-14(12)8-10(9)2/h3-7,9-10,14H,8H2,1-2H3. The van der Waals surface area contributed by atoms with E-state index in [0.717, 1.165) is 18.1 Å². The summed E-state index contributed by atoms with van der Waals surface area (Å²) < 4.78 is 5.96. The second-order valence-electron chi connectivity index (χ2n) is 4.80. The Balaban J connectivity index is 2.07. The van der Waals surface area contributed by atoms with Crippen molar-refractivity contribution in [1.29, 1.82) is 0 Å². The highest BCUT2D eigenvalue weighted by Crippen LogP contribution is 2.44. The maximum Gasteiger partial charge on any atom is 0.127 e. The van der Waals surface area contributed by atoms with Crippen LogP contribution in [0.15, 0.2) is 30.3 Å². The fraction of sp³-hybridized carbons (Fsp3) is 0.429. The summed E-state index contributed by atoms with van der Waals surface area (Å²) in [5.74, 6) is 2.47. The zero-order valence-corrected chi connectivity index (χ0v) is 9.23. The predicted octanol–water partition coefficient (Wildman–Crippen LogP) is 3.51. The van der Waals surface area contributed by atoms with Crippen molar-refractivity contribution in [2.45, 2.75) is 26.4 Å². The van der Waals surface area contributed by atoms with Crippen molar-refractivity contribution in [3.05, 3.63) is 35.9 Å². The van der Waals surface area contributed by atoms with Crippen molar-refractivity contribution in [3.63, 3.8) is 0 Å². The smallest absolute Gasteiger partial charge is 0.127 e. The van der Waals surface area contributed by atoms with Crippen LogP contribution >= 0.6 is 0 Å². The topological polar surface area (TPSA) is 9.23 Å². The van der Waals surface area contributed by atoms with E-state index < -0.39 is 0 Å². The molecular formula is C14H16O. The summed E-state index contributed by atoms with van der Waals surface area (Å²) in [6.07, 6.45) is 3.86. The summed E-state index contributed by atoms with van der Waals surface area (Å²) in [5, 5.41) is 0. The summed E-state index contributed by atoms with van der Waals surface area (Å²) in [6.45, 7) is 4.61. The minimum absolute atomic E-state index is 0.314. The van der Waals surface area contributed by atoms with E-state index in [0.29, 0.717) is 12.0 Å². The van der Waals surface area contributed by atoms with Crippen LogP contribution in [0.4, 0.5) is 0 Å². The summed E-state index contributed by atoms with van der Waals surface area (Å²) in [7, 11) is 0. The van der Waals surface area contributed by atoms with Gasteiger partial charge in [0.15, 0.2) is 0 Å². The predicted molar refractivity (Wildman–Crippen MR) is 61.8 cm³/mol. The van der Waals surface area contributed by atoms with E-state index in [1.54, 1.807) is 0 Å². The number of benzene rings is 1. The average molecular weight is 200 g/mol. The van der Waals surface area contributed by atoms with E-state index >= 15 is 0 Å². The minimum atomic E-state index is 0.314. The molecule has 0 saturated carbocycles. The lowest BCUT2D eigenvalue weighted by atomic mass is 9.80. The van der Waals surface area contributed by atoms with E-state index in [-0.39, 0.29) is 0 Å². The third-order valence-corrected chi connectivity index (χ3v) is 3.74. The molecule has 1 heteroatoms. The first kappa shape index (κ1) is 9.02. The molecule has 15 heavy (non-hydrogen) atoms. The maximum atomic E-state index is 5.96. The summed E-state index contributed by atoms with van der Waals surface area (Å²) >= 11 is 0. The fourth-order valence-corrected chi connectivity index (χ4v) is 2.57. The van der Waals surface area contributed by atoms with Crippen LogP contribution in [0.1, 0.15) is 25.8 Å². The van der Waals surface area contributed by atoms with E-state index in [1.807, 2.05) is 6.07 Å². The van der Waals surface area contributed by atoms with Crippen molar-refractivity contribution >= 4 is 5.57 Å². The van der Waals surface area contributed by atoms with Crippen LogP contribution in [0.2, 0.25) is 0 Å². The fourth-order valence-electron chi connectivity index (χ4n) is 2.57. The maximum absolute atomic E-state index is 5.96. The third-order valence-electron chi connectivity index (χ3n) is 3.74. The Kier molecular flexibility index (Phi) is 1.88. The van der Waals surface area contributed by atoms with Gasteiger partial charge >= 0.3 is 0 Å². The first-order chi connectivity index (χ1) is 7.25. The Morgan fingerprint density at radius 2 is 2.00 bits per heavy atom. The molecule has 1 aliphatic heterocycles. The molecule has 0 amide bonds. The number of hydrogen-bond acceptors (Lipinski definition) is 1. The van der Waals surface area contributed by atoms with Crippen molar-refractivity contribution in [3.8, 4) is 5.75 Å². The van der Waals surface area contributed by atoms with E-state index in [2.05, 4.69) is 38.1 Å². The summed E-state index contributed by atoms with van der Waals surface area (Å²) in [4.78, 5) is 0. The number of para-hydroxylation sites is 1. The summed E-state index contributed by atoms with van der Waals surface area (Å²) in [5.41, 5.74) is 2.72. The van der Waals surface area contributed by atoms with Gasteiger partial charge in [0.05, 0.1) is 0 Å². The SMILES string of the molecule is CC1C=C2c3ccccc3OC2CC1C. The molecule has 3 unspecified atom stereocenters. The second-order valence-corrected chi connectivity index (χ2v) is 4.80. The van der Waals surface area contributed by atoms with Gasteiger partial charge in [0.25, 0.3) is 0 Å². The molecule has 1 nitrogen and oxygen atoms in total. The molecule has 0 N–H and O–H groups in total. The molecule has 1 heterocycles. The Hall–Kier alpha value is -1.24. The second kappa shape index (κ2) is 3.13. The van der Waals surface area contributed by atoms with E-state index in [9.17, 15) is 0 Å². The van der Waals surface area contributed by atoms with Crippen LogP contribution in [0.25, 0.3) is 5.57 Å². The lowest BCUT2D eigenvalue weighted by Crippen LogP contribution is -2.24. The average Bonchev–Trinajstić information content (AvgIpc) is 2.57. The molecule has 1 aromatic rings. The van der Waals surface area contributed by atoms with Crippen LogP contribution in [-0.2, 0) is 0 Å². The van der Waals surface area contributed by atoms with Crippen molar-refractivity contribution < 1.29 is 4.74 Å². The molecule has 0 fully saturated rings. The highest BCUT2D eigenvalue weighted by molar-refractivity contribution is 5.77. The van der Waals surface area contributed by atoms with Crippen LogP contribution in [0.3, 0.4) is 0 Å². The monoisotopic (exact) mass is 200 g/mol. The van der Waals surface area contributed by atoms with Crippen LogP contribution < -0.4 is 4.74 Å². The molecule has 2 aliphatic rings. The van der Waals surface area contributed by atoms with Crippen LogP contribution in [0.5, 0.6) is 5.75 Å². The zero-order chi connectivity index (χ0) is 10.4. The first-order valence-corrected chi connectivity index (χ1v) is 5.73. The Bertz CT molecular complexity index is 419. The van der Waals surface area contributed by atoms with Gasteiger partial charge in [0.2, 0.25) is 0 Å². The molecule has 0 aromatic heterocycles. The van der Waals surface area contributed by atoms with E-state index in [4.69, 9.17) is 4.74 Å². The Labute approximate surface area is 90.8 Å². The Morgan fingerprint density at radius 1 is 1.20 bits per heavy atom. The van der Waals surface area contributed by atoms with Gasteiger partial charge in [-0.2, -0.15) is 0 Å².